The molecule has 3 aromatic rings. The van der Waals surface area contributed by atoms with Crippen molar-refractivity contribution in [2.24, 2.45) is 0 Å². The Morgan fingerprint density at radius 3 is 2.67 bits per heavy atom. The molecule has 6 nitrogen and oxygen atoms in total. The summed E-state index contributed by atoms with van der Waals surface area (Å²) in [5, 5.41) is 10.4. The summed E-state index contributed by atoms with van der Waals surface area (Å²) in [6.07, 6.45) is 2.99. The van der Waals surface area contributed by atoms with Crippen molar-refractivity contribution >= 4 is 22.8 Å². The summed E-state index contributed by atoms with van der Waals surface area (Å²) in [5.74, 6) is 0.697. The van der Waals surface area contributed by atoms with Crippen LogP contribution in [0, 0.1) is 6.92 Å². The Morgan fingerprint density at radius 2 is 2.04 bits per heavy atom. The molecular weight excluding hydrogens is 360 g/mol. The Balaban J connectivity index is 1.52. The van der Waals surface area contributed by atoms with E-state index in [0.717, 1.165) is 23.6 Å². The van der Waals surface area contributed by atoms with Crippen LogP contribution in [0.25, 0.3) is 11.3 Å². The van der Waals surface area contributed by atoms with Crippen molar-refractivity contribution in [1.29, 1.82) is 0 Å². The van der Waals surface area contributed by atoms with E-state index in [2.05, 4.69) is 33.9 Å². The molecule has 0 saturated carbocycles. The summed E-state index contributed by atoms with van der Waals surface area (Å²) in [6, 6.07) is 11.7. The highest BCUT2D eigenvalue weighted by Crippen LogP contribution is 2.27. The minimum absolute atomic E-state index is 0.0752. The third-order valence-corrected chi connectivity index (χ3v) is 5.69. The van der Waals surface area contributed by atoms with Crippen molar-refractivity contribution in [3.63, 3.8) is 0 Å². The molecule has 0 radical (unpaired) electrons. The van der Waals surface area contributed by atoms with Gasteiger partial charge in [-0.3, -0.25) is 4.79 Å². The highest BCUT2D eigenvalue weighted by Gasteiger charge is 2.25. The van der Waals surface area contributed by atoms with Crippen molar-refractivity contribution in [2.45, 2.75) is 13.3 Å². The van der Waals surface area contributed by atoms with E-state index in [1.165, 1.54) is 10.5 Å². The Bertz CT molecular complexity index is 974. The molecule has 0 spiro atoms. The van der Waals surface area contributed by atoms with Gasteiger partial charge >= 0.3 is 0 Å². The quantitative estimate of drug-likeness (QED) is 0.694. The predicted molar refractivity (Wildman–Crippen MR) is 105 cm³/mol. The van der Waals surface area contributed by atoms with Crippen LogP contribution in [0.15, 0.2) is 47.9 Å². The lowest BCUT2D eigenvalue weighted by Gasteiger charge is -2.25. The van der Waals surface area contributed by atoms with Crippen LogP contribution < -0.4 is 4.74 Å². The van der Waals surface area contributed by atoms with Gasteiger partial charge in [0.25, 0.3) is 5.91 Å². The number of carbonyl (C=O) groups is 1. The number of rotatable bonds is 4. The fourth-order valence-corrected chi connectivity index (χ4v) is 3.98. The number of aromatic nitrogens is 3. The van der Waals surface area contributed by atoms with E-state index in [-0.39, 0.29) is 5.91 Å². The molecule has 0 aliphatic carbocycles. The van der Waals surface area contributed by atoms with Crippen LogP contribution >= 0.6 is 11.3 Å². The zero-order valence-corrected chi connectivity index (χ0v) is 16.1. The molecule has 7 heteroatoms. The van der Waals surface area contributed by atoms with Gasteiger partial charge in [-0.15, -0.1) is 16.4 Å². The van der Waals surface area contributed by atoms with E-state index in [9.17, 15) is 4.79 Å². The smallest absolute Gasteiger partial charge is 0.276 e. The first-order valence-electron chi connectivity index (χ1n) is 8.76. The van der Waals surface area contributed by atoms with Gasteiger partial charge in [0.05, 0.1) is 18.5 Å². The van der Waals surface area contributed by atoms with E-state index in [4.69, 9.17) is 4.74 Å². The third-order valence-electron chi connectivity index (χ3n) is 4.75. The Kier molecular flexibility index (Phi) is 4.77. The monoisotopic (exact) mass is 380 g/mol. The molecule has 0 bridgehead atoms. The normalized spacial score (nSPS) is 14.1. The number of amides is 1. The van der Waals surface area contributed by atoms with Crippen molar-refractivity contribution < 1.29 is 9.53 Å². The van der Waals surface area contributed by atoms with Crippen molar-refractivity contribution in [2.75, 3.05) is 20.2 Å². The zero-order chi connectivity index (χ0) is 18.8. The van der Waals surface area contributed by atoms with Gasteiger partial charge in [0.15, 0.2) is 5.69 Å². The van der Waals surface area contributed by atoms with E-state index >= 15 is 0 Å². The molecule has 1 aromatic carbocycles. The number of thiophene rings is 1. The zero-order valence-electron chi connectivity index (χ0n) is 15.3. The Morgan fingerprint density at radius 1 is 1.22 bits per heavy atom. The average Bonchev–Trinajstić information content (AvgIpc) is 3.38. The second-order valence-corrected chi connectivity index (χ2v) is 7.29. The minimum Gasteiger partial charge on any atom is -0.497 e. The number of hydrogen-bond acceptors (Lipinski definition) is 5. The highest BCUT2D eigenvalue weighted by molar-refractivity contribution is 7.11. The second kappa shape index (κ2) is 7.36. The van der Waals surface area contributed by atoms with Gasteiger partial charge in [-0.25, -0.2) is 4.68 Å². The molecule has 0 fully saturated rings. The summed E-state index contributed by atoms with van der Waals surface area (Å²) in [5.41, 5.74) is 3.29. The maximum atomic E-state index is 12.9. The van der Waals surface area contributed by atoms with E-state index in [1.54, 1.807) is 23.1 Å². The minimum atomic E-state index is -0.0752. The van der Waals surface area contributed by atoms with Crippen molar-refractivity contribution in [3.05, 3.63) is 64.1 Å². The predicted octanol–water partition coefficient (Wildman–Crippen LogP) is 3.58. The molecule has 0 saturated heterocycles. The van der Waals surface area contributed by atoms with Gasteiger partial charge in [-0.2, -0.15) is 0 Å². The molecular formula is C20H20N4O2S. The highest BCUT2D eigenvalue weighted by atomic mass is 32.1. The lowest BCUT2D eigenvalue weighted by atomic mass is 10.1. The van der Waals surface area contributed by atoms with Crippen molar-refractivity contribution in [1.82, 2.24) is 19.9 Å². The van der Waals surface area contributed by atoms with E-state index in [1.807, 2.05) is 36.1 Å². The summed E-state index contributed by atoms with van der Waals surface area (Å²) in [4.78, 5) is 16.0. The van der Waals surface area contributed by atoms with Crippen LogP contribution in [0.3, 0.4) is 0 Å². The van der Waals surface area contributed by atoms with Gasteiger partial charge in [0.2, 0.25) is 0 Å². The van der Waals surface area contributed by atoms with Crippen LogP contribution in [0.4, 0.5) is 0 Å². The fourth-order valence-electron chi connectivity index (χ4n) is 3.18. The topological polar surface area (TPSA) is 60.2 Å². The number of hydrogen-bond donors (Lipinski definition) is 0. The molecule has 0 N–H and O–H groups in total. The summed E-state index contributed by atoms with van der Waals surface area (Å²) in [7, 11) is 1.63. The first-order chi connectivity index (χ1) is 13.2. The first-order valence-corrected chi connectivity index (χ1v) is 9.64. The number of ether oxygens (including phenoxy) is 1. The maximum Gasteiger partial charge on any atom is 0.276 e. The summed E-state index contributed by atoms with van der Waals surface area (Å²) < 4.78 is 6.87. The van der Waals surface area contributed by atoms with Gasteiger partial charge < -0.3 is 9.64 Å². The lowest BCUT2D eigenvalue weighted by Crippen LogP contribution is -2.35. The van der Waals surface area contributed by atoms with Crippen molar-refractivity contribution in [3.8, 4) is 11.4 Å². The van der Waals surface area contributed by atoms with Gasteiger partial charge in [0.1, 0.15) is 5.75 Å². The second-order valence-electron chi connectivity index (χ2n) is 6.34. The molecule has 1 amide bonds. The van der Waals surface area contributed by atoms with E-state index < -0.39 is 0 Å². The van der Waals surface area contributed by atoms with Gasteiger partial charge in [0, 0.05) is 18.0 Å². The van der Waals surface area contributed by atoms with Crippen LogP contribution in [0.5, 0.6) is 5.75 Å². The Hall–Kier alpha value is -2.93. The molecule has 3 heterocycles. The SMILES string of the molecule is COc1ccc(-n2nnc(C(=O)N3CC=C(c4cccs4)CC3)c2C)cc1. The first kappa shape index (κ1) is 17.5. The average molecular weight is 380 g/mol. The number of carbonyl (C=O) groups excluding carboxylic acids is 1. The maximum absolute atomic E-state index is 12.9. The third kappa shape index (κ3) is 3.38. The van der Waals surface area contributed by atoms with Crippen LogP contribution in [-0.4, -0.2) is 46.0 Å². The summed E-state index contributed by atoms with van der Waals surface area (Å²) in [6.45, 7) is 3.16. The molecule has 0 atom stereocenters. The fraction of sp³-hybridized carbons (Fsp3) is 0.250. The molecule has 1 aliphatic rings. The van der Waals surface area contributed by atoms with Gasteiger partial charge in [-0.05, 0) is 54.6 Å². The Labute approximate surface area is 161 Å². The molecule has 0 unspecified atom stereocenters. The molecule has 138 valence electrons. The van der Waals surface area contributed by atoms with Crippen LogP contribution in [0.2, 0.25) is 0 Å². The van der Waals surface area contributed by atoms with Gasteiger partial charge in [-0.1, -0.05) is 17.4 Å². The molecule has 2 aromatic heterocycles. The number of benzene rings is 1. The standard InChI is InChI=1S/C20H20N4O2S/c1-14-19(21-22-24(14)16-5-7-17(26-2)8-6-16)20(25)23-11-9-15(10-12-23)18-4-3-13-27-18/h3-9,13H,10-12H2,1-2H3. The molecule has 4 rings (SSSR count). The lowest BCUT2D eigenvalue weighted by molar-refractivity contribution is 0.0766. The number of nitrogens with zero attached hydrogens (tertiary/aromatic N) is 4. The largest absolute Gasteiger partial charge is 0.497 e. The van der Waals surface area contributed by atoms with Crippen LogP contribution in [-0.2, 0) is 0 Å². The molecule has 1 aliphatic heterocycles. The summed E-state index contributed by atoms with van der Waals surface area (Å²) >= 11 is 1.74. The number of methoxy groups -OCH3 is 1. The molecule has 27 heavy (non-hydrogen) atoms. The van der Waals surface area contributed by atoms with Crippen LogP contribution in [0.1, 0.15) is 27.5 Å². The van der Waals surface area contributed by atoms with E-state index in [0.29, 0.717) is 18.8 Å².